The maximum absolute atomic E-state index is 9.36. The van der Waals surface area contributed by atoms with Crippen LogP contribution in [-0.4, -0.2) is 11.6 Å². The van der Waals surface area contributed by atoms with Crippen LogP contribution in [0.4, 0.5) is 0 Å². The van der Waals surface area contributed by atoms with Crippen molar-refractivity contribution in [3.63, 3.8) is 0 Å². The molecule has 1 fully saturated rings. The van der Waals surface area contributed by atoms with Crippen LogP contribution in [0.15, 0.2) is 0 Å². The summed E-state index contributed by atoms with van der Waals surface area (Å²) in [6.07, 6.45) is 7.04. The van der Waals surface area contributed by atoms with E-state index in [0.29, 0.717) is 6.04 Å². The van der Waals surface area contributed by atoms with Crippen LogP contribution < -0.4 is 5.32 Å². The van der Waals surface area contributed by atoms with Crippen LogP contribution in [0.5, 0.6) is 0 Å². The lowest BCUT2D eigenvalue weighted by atomic mass is 9.90. The van der Waals surface area contributed by atoms with Gasteiger partial charge in [-0.05, 0) is 39.0 Å². The van der Waals surface area contributed by atoms with E-state index in [1.807, 2.05) is 0 Å². The molecule has 0 spiro atoms. The molecular weight excluding hydrogens is 184 g/mol. The van der Waals surface area contributed by atoms with Crippen LogP contribution in [0.2, 0.25) is 0 Å². The van der Waals surface area contributed by atoms with Gasteiger partial charge in [0.2, 0.25) is 0 Å². The average Bonchev–Trinajstić information content (AvgIpc) is 2.40. The first-order valence-corrected chi connectivity index (χ1v) is 6.31. The second-order valence-corrected chi connectivity index (χ2v) is 5.20. The molecule has 2 atom stereocenters. The summed E-state index contributed by atoms with van der Waals surface area (Å²) in [4.78, 5) is 0. The molecule has 0 aromatic heterocycles. The monoisotopic (exact) mass is 208 g/mol. The lowest BCUT2D eigenvalue weighted by Crippen LogP contribution is -2.47. The molecular formula is C13H24N2. The quantitative estimate of drug-likeness (QED) is 0.723. The Morgan fingerprint density at radius 3 is 2.67 bits per heavy atom. The zero-order valence-corrected chi connectivity index (χ0v) is 10.3. The summed E-state index contributed by atoms with van der Waals surface area (Å²) in [6, 6.07) is 2.93. The second kappa shape index (κ2) is 5.51. The third kappa shape index (κ3) is 3.50. The molecule has 1 saturated carbocycles. The molecule has 0 aliphatic heterocycles. The number of nitrogens with zero attached hydrogens (tertiary/aromatic N) is 1. The molecule has 2 heteroatoms. The molecule has 1 aliphatic rings. The summed E-state index contributed by atoms with van der Waals surface area (Å²) in [5, 5.41) is 12.8. The van der Waals surface area contributed by atoms with Crippen molar-refractivity contribution in [3.05, 3.63) is 0 Å². The van der Waals surface area contributed by atoms with E-state index in [1.54, 1.807) is 0 Å². The summed E-state index contributed by atoms with van der Waals surface area (Å²) in [5.74, 6) is 0.842. The van der Waals surface area contributed by atoms with Crippen LogP contribution >= 0.6 is 0 Å². The minimum Gasteiger partial charge on any atom is -0.297 e. The van der Waals surface area contributed by atoms with E-state index in [1.165, 1.54) is 25.7 Å². The Morgan fingerprint density at radius 1 is 1.40 bits per heavy atom. The predicted octanol–water partition coefficient (Wildman–Crippen LogP) is 3.24. The minimum absolute atomic E-state index is 0.238. The standard InChI is InChI=1S/C13H24N2/c1-4-12-6-5-8-13(10-14,9-7-12)15-11(2)3/h11-12,15H,4-9H2,1-3H3. The van der Waals surface area contributed by atoms with Crippen molar-refractivity contribution in [1.29, 1.82) is 5.26 Å². The van der Waals surface area contributed by atoms with E-state index in [9.17, 15) is 5.26 Å². The Hall–Kier alpha value is -0.550. The van der Waals surface area contributed by atoms with Gasteiger partial charge in [0, 0.05) is 6.04 Å². The Morgan fingerprint density at radius 2 is 2.13 bits per heavy atom. The first kappa shape index (κ1) is 12.5. The van der Waals surface area contributed by atoms with Gasteiger partial charge in [-0.3, -0.25) is 5.32 Å². The molecule has 86 valence electrons. The molecule has 0 heterocycles. The summed E-state index contributed by atoms with van der Waals surface area (Å²) in [6.45, 7) is 6.52. The number of hydrogen-bond acceptors (Lipinski definition) is 2. The highest BCUT2D eigenvalue weighted by atomic mass is 15.0. The van der Waals surface area contributed by atoms with Gasteiger partial charge in [0.15, 0.2) is 0 Å². The molecule has 1 N–H and O–H groups in total. The highest BCUT2D eigenvalue weighted by molar-refractivity contribution is 5.08. The van der Waals surface area contributed by atoms with Gasteiger partial charge < -0.3 is 0 Å². The lowest BCUT2D eigenvalue weighted by Gasteiger charge is -2.28. The van der Waals surface area contributed by atoms with Crippen LogP contribution in [0, 0.1) is 17.2 Å². The number of nitriles is 1. The van der Waals surface area contributed by atoms with E-state index >= 15 is 0 Å². The number of hydrogen-bond donors (Lipinski definition) is 1. The first-order chi connectivity index (χ1) is 7.12. The van der Waals surface area contributed by atoms with Crippen molar-refractivity contribution in [2.75, 3.05) is 0 Å². The van der Waals surface area contributed by atoms with Gasteiger partial charge in [0.1, 0.15) is 5.54 Å². The van der Waals surface area contributed by atoms with E-state index < -0.39 is 0 Å². The fourth-order valence-electron chi connectivity index (χ4n) is 2.66. The highest BCUT2D eigenvalue weighted by Gasteiger charge is 2.32. The zero-order chi connectivity index (χ0) is 11.3. The molecule has 0 bridgehead atoms. The third-order valence-corrected chi connectivity index (χ3v) is 3.55. The van der Waals surface area contributed by atoms with Gasteiger partial charge in [-0.2, -0.15) is 5.26 Å². The Balaban J connectivity index is 2.62. The lowest BCUT2D eigenvalue weighted by molar-refractivity contribution is 0.331. The van der Waals surface area contributed by atoms with Gasteiger partial charge in [-0.15, -0.1) is 0 Å². The van der Waals surface area contributed by atoms with E-state index in [2.05, 4.69) is 32.2 Å². The summed E-state index contributed by atoms with van der Waals surface area (Å²) >= 11 is 0. The number of rotatable bonds is 3. The minimum atomic E-state index is -0.238. The largest absolute Gasteiger partial charge is 0.297 e. The summed E-state index contributed by atoms with van der Waals surface area (Å²) < 4.78 is 0. The fraction of sp³-hybridized carbons (Fsp3) is 0.923. The normalized spacial score (nSPS) is 32.3. The van der Waals surface area contributed by atoms with Gasteiger partial charge in [-0.1, -0.05) is 26.2 Å². The maximum atomic E-state index is 9.36. The van der Waals surface area contributed by atoms with Crippen molar-refractivity contribution in [2.24, 2.45) is 5.92 Å². The zero-order valence-electron chi connectivity index (χ0n) is 10.3. The van der Waals surface area contributed by atoms with Crippen molar-refractivity contribution >= 4 is 0 Å². The van der Waals surface area contributed by atoms with Crippen molar-refractivity contribution < 1.29 is 0 Å². The molecule has 0 aromatic carbocycles. The maximum Gasteiger partial charge on any atom is 0.106 e. The van der Waals surface area contributed by atoms with E-state index in [4.69, 9.17) is 0 Å². The molecule has 0 amide bonds. The Labute approximate surface area is 94.1 Å². The summed E-state index contributed by atoms with van der Waals surface area (Å²) in [5.41, 5.74) is -0.238. The van der Waals surface area contributed by atoms with Crippen LogP contribution in [0.1, 0.15) is 59.3 Å². The molecule has 15 heavy (non-hydrogen) atoms. The van der Waals surface area contributed by atoms with Gasteiger partial charge in [0.05, 0.1) is 6.07 Å². The van der Waals surface area contributed by atoms with Crippen LogP contribution in [0.3, 0.4) is 0 Å². The van der Waals surface area contributed by atoms with Crippen molar-refractivity contribution in [3.8, 4) is 6.07 Å². The first-order valence-electron chi connectivity index (χ1n) is 6.31. The van der Waals surface area contributed by atoms with E-state index in [0.717, 1.165) is 18.8 Å². The summed E-state index contributed by atoms with van der Waals surface area (Å²) in [7, 11) is 0. The average molecular weight is 208 g/mol. The Bertz CT molecular complexity index is 229. The topological polar surface area (TPSA) is 35.8 Å². The molecule has 0 radical (unpaired) electrons. The number of nitrogens with one attached hydrogen (secondary N) is 1. The second-order valence-electron chi connectivity index (χ2n) is 5.20. The highest BCUT2D eigenvalue weighted by Crippen LogP contribution is 2.31. The molecule has 1 rings (SSSR count). The molecule has 2 nitrogen and oxygen atoms in total. The van der Waals surface area contributed by atoms with Crippen molar-refractivity contribution in [1.82, 2.24) is 5.32 Å². The molecule has 1 aliphatic carbocycles. The van der Waals surface area contributed by atoms with Gasteiger partial charge in [-0.25, -0.2) is 0 Å². The third-order valence-electron chi connectivity index (χ3n) is 3.55. The smallest absolute Gasteiger partial charge is 0.106 e. The SMILES string of the molecule is CCC1CCCC(C#N)(NC(C)C)CC1. The van der Waals surface area contributed by atoms with Crippen LogP contribution in [0.25, 0.3) is 0 Å². The predicted molar refractivity (Wildman–Crippen MR) is 63.5 cm³/mol. The fourth-order valence-corrected chi connectivity index (χ4v) is 2.66. The van der Waals surface area contributed by atoms with Crippen molar-refractivity contribution in [2.45, 2.75) is 70.9 Å². The molecule has 0 saturated heterocycles. The Kier molecular flexibility index (Phi) is 4.60. The van der Waals surface area contributed by atoms with Gasteiger partial charge in [0.25, 0.3) is 0 Å². The van der Waals surface area contributed by atoms with Gasteiger partial charge >= 0.3 is 0 Å². The van der Waals surface area contributed by atoms with Crippen LogP contribution in [-0.2, 0) is 0 Å². The molecule has 0 aromatic rings. The molecule has 2 unspecified atom stereocenters. The van der Waals surface area contributed by atoms with E-state index in [-0.39, 0.29) is 5.54 Å².